The number of hydrogen-bond donors (Lipinski definition) is 1. The van der Waals surface area contributed by atoms with Gasteiger partial charge in [0, 0.05) is 12.8 Å². The number of rotatable bonds is 2. The molecule has 0 radical (unpaired) electrons. The summed E-state index contributed by atoms with van der Waals surface area (Å²) in [4.78, 5) is 1.70. The van der Waals surface area contributed by atoms with Gasteiger partial charge in [0.2, 0.25) is 0 Å². The van der Waals surface area contributed by atoms with Crippen LogP contribution in [0.3, 0.4) is 0 Å². The van der Waals surface area contributed by atoms with Crippen LogP contribution in [0.4, 0.5) is 26.3 Å². The van der Waals surface area contributed by atoms with Gasteiger partial charge >= 0.3 is 11.0 Å². The van der Waals surface area contributed by atoms with Crippen LogP contribution in [-0.4, -0.2) is 48.0 Å². The van der Waals surface area contributed by atoms with Gasteiger partial charge in [-0.25, -0.2) is 16.8 Å². The summed E-state index contributed by atoms with van der Waals surface area (Å²) in [5.41, 5.74) is -12.4. The second-order valence-corrected chi connectivity index (χ2v) is 7.50. The lowest BCUT2D eigenvalue weighted by Crippen LogP contribution is -3.06. The maximum Gasteiger partial charge on any atom is 0.480 e. The normalized spacial score (nSPS) is 18.2. The maximum atomic E-state index is 11.4. The zero-order chi connectivity index (χ0) is 17.1. The average molecular weight is 366 g/mol. The highest BCUT2D eigenvalue weighted by molar-refractivity contribution is 8.13. The Kier molecular flexibility index (Phi) is 6.47. The minimum atomic E-state index is -6.72. The molecule has 14 heteroatoms. The van der Waals surface area contributed by atoms with Crippen molar-refractivity contribution in [3.05, 3.63) is 4.13 Å². The molecule has 0 unspecified atom stereocenters. The fraction of sp³-hybridized carbons (Fsp3) is 1.00. The highest BCUT2D eigenvalue weighted by Crippen LogP contribution is 2.36. The van der Waals surface area contributed by atoms with Gasteiger partial charge in [-0.1, -0.05) is 0 Å². The number of likely N-dealkylation sites (tertiary alicyclic amines) is 1. The van der Waals surface area contributed by atoms with E-state index in [4.69, 9.17) is 0 Å². The number of alkyl halides is 6. The van der Waals surface area contributed by atoms with E-state index in [2.05, 4.69) is 7.05 Å². The lowest BCUT2D eigenvalue weighted by Gasteiger charge is -2.22. The van der Waals surface area contributed by atoms with Gasteiger partial charge in [-0.05, 0) is 0 Å². The van der Waals surface area contributed by atoms with Crippen LogP contribution in [-0.2, 0) is 20.0 Å². The van der Waals surface area contributed by atoms with Crippen molar-refractivity contribution in [3.63, 3.8) is 0 Å². The average Bonchev–Trinajstić information content (AvgIpc) is 2.64. The molecular weight excluding hydrogens is 354 g/mol. The summed E-state index contributed by atoms with van der Waals surface area (Å²) in [6.45, 7) is 2.81. The monoisotopic (exact) mass is 366 g/mol. The minimum absolute atomic E-state index is 0.778. The number of nitrogens with one attached hydrogen (secondary N) is 1. The Hall–Kier alpha value is -0.600. The van der Waals surface area contributed by atoms with Gasteiger partial charge in [0.1, 0.15) is 0 Å². The van der Waals surface area contributed by atoms with Crippen LogP contribution < -0.4 is 4.90 Å². The van der Waals surface area contributed by atoms with E-state index >= 15 is 0 Å². The van der Waals surface area contributed by atoms with E-state index in [0.29, 0.717) is 0 Å². The molecule has 0 bridgehead atoms. The van der Waals surface area contributed by atoms with E-state index in [-0.39, 0.29) is 0 Å². The molecule has 6 nitrogen and oxygen atoms in total. The Morgan fingerprint density at radius 2 is 1.10 bits per heavy atom. The largest absolute Gasteiger partial charge is 0.480 e. The summed E-state index contributed by atoms with van der Waals surface area (Å²) in [5.74, 6) is 0. The number of nitrogens with zero attached hydrogens (tertiary/aromatic N) is 1. The van der Waals surface area contributed by atoms with E-state index in [1.807, 2.05) is 0 Å². The van der Waals surface area contributed by atoms with E-state index in [0.717, 1.165) is 4.13 Å². The predicted octanol–water partition coefficient (Wildman–Crippen LogP) is 0.354. The van der Waals surface area contributed by atoms with Crippen molar-refractivity contribution in [2.45, 2.75) is 23.9 Å². The van der Waals surface area contributed by atoms with Crippen molar-refractivity contribution < 1.29 is 48.1 Å². The number of halogens is 6. The van der Waals surface area contributed by atoms with Crippen LogP contribution in [0.15, 0.2) is 0 Å². The Morgan fingerprint density at radius 3 is 1.24 bits per heavy atom. The molecule has 128 valence electrons. The Balaban J connectivity index is 0.000000547. The van der Waals surface area contributed by atoms with E-state index < -0.39 is 31.1 Å². The molecule has 0 aromatic rings. The molecule has 1 saturated heterocycles. The molecule has 1 heterocycles. The third kappa shape index (κ3) is 6.36. The molecular formula is C7H12F6N2O4S2. The summed E-state index contributed by atoms with van der Waals surface area (Å²) < 4.78 is 109. The number of sulfonamides is 2. The van der Waals surface area contributed by atoms with Gasteiger partial charge in [0.05, 0.1) is 20.1 Å². The predicted molar refractivity (Wildman–Crippen MR) is 59.2 cm³/mol. The van der Waals surface area contributed by atoms with Crippen LogP contribution in [0.1, 0.15) is 12.8 Å². The van der Waals surface area contributed by atoms with Crippen molar-refractivity contribution in [2.75, 3.05) is 20.1 Å². The Morgan fingerprint density at radius 1 is 0.810 bits per heavy atom. The zero-order valence-corrected chi connectivity index (χ0v) is 12.1. The van der Waals surface area contributed by atoms with Crippen LogP contribution in [0, 0.1) is 0 Å². The van der Waals surface area contributed by atoms with Crippen molar-refractivity contribution in [1.29, 1.82) is 0 Å². The topological polar surface area (TPSA) is 86.8 Å². The highest BCUT2D eigenvalue weighted by atomic mass is 32.3. The first kappa shape index (κ1) is 20.4. The Bertz CT molecular complexity index is 490. The van der Waals surface area contributed by atoms with Crippen molar-refractivity contribution in [1.82, 2.24) is 0 Å². The Labute approximate surface area is 117 Å². The lowest BCUT2D eigenvalue weighted by atomic mass is 10.4. The number of hydrogen-bond acceptors (Lipinski definition) is 4. The fourth-order valence-corrected chi connectivity index (χ4v) is 2.90. The van der Waals surface area contributed by atoms with Gasteiger partial charge < -0.3 is 9.03 Å². The van der Waals surface area contributed by atoms with Crippen LogP contribution in [0.5, 0.6) is 0 Å². The molecule has 0 spiro atoms. The molecule has 1 aliphatic heterocycles. The maximum absolute atomic E-state index is 11.4. The van der Waals surface area contributed by atoms with Gasteiger partial charge in [0.15, 0.2) is 20.0 Å². The molecule has 1 fully saturated rings. The van der Waals surface area contributed by atoms with E-state index in [1.54, 1.807) is 4.90 Å². The minimum Gasteiger partial charge on any atom is -0.421 e. The fourth-order valence-electron chi connectivity index (χ4n) is 1.19. The molecule has 1 rings (SSSR count). The molecule has 21 heavy (non-hydrogen) atoms. The van der Waals surface area contributed by atoms with Crippen molar-refractivity contribution in [2.24, 2.45) is 0 Å². The van der Waals surface area contributed by atoms with E-state index in [1.165, 1.54) is 25.9 Å². The summed E-state index contributed by atoms with van der Waals surface area (Å²) in [5, 5.41) is 0. The summed E-state index contributed by atoms with van der Waals surface area (Å²) in [7, 11) is -11.2. The summed E-state index contributed by atoms with van der Waals surface area (Å²) in [6, 6.07) is 0. The molecule has 0 saturated carbocycles. The molecule has 1 aliphatic rings. The smallest absolute Gasteiger partial charge is 0.421 e. The van der Waals surface area contributed by atoms with Gasteiger partial charge in [-0.15, -0.1) is 0 Å². The molecule has 0 amide bonds. The van der Waals surface area contributed by atoms with Gasteiger partial charge in [-0.3, -0.25) is 0 Å². The molecule has 0 aromatic carbocycles. The van der Waals surface area contributed by atoms with Crippen molar-refractivity contribution >= 4 is 20.0 Å². The second-order valence-electron chi connectivity index (χ2n) is 4.08. The first-order valence-corrected chi connectivity index (χ1v) is 8.16. The molecule has 0 aromatic heterocycles. The third-order valence-electron chi connectivity index (χ3n) is 2.24. The van der Waals surface area contributed by atoms with Gasteiger partial charge in [0.25, 0.3) is 0 Å². The molecule has 0 aliphatic carbocycles. The standard InChI is InChI=1S/C5H11N.C2F6NO4S2/c1-6-4-2-3-5-6;3-1(4,5)14(10,11)9-15(12,13)2(6,7)8/h2-5H2,1H3;/q;-1/p+1. The van der Waals surface area contributed by atoms with E-state index in [9.17, 15) is 43.2 Å². The third-order valence-corrected chi connectivity index (χ3v) is 4.98. The van der Waals surface area contributed by atoms with Gasteiger partial charge in [-0.2, -0.15) is 26.3 Å². The first-order valence-electron chi connectivity index (χ1n) is 5.28. The quantitative estimate of drug-likeness (QED) is 0.715. The SMILES string of the molecule is C[NH+]1CCCC1.O=S(=O)([N-]S(=O)(=O)C(F)(F)F)C(F)(F)F. The molecule has 0 atom stereocenters. The number of quaternary nitrogens is 1. The first-order chi connectivity index (χ1) is 9.10. The van der Waals surface area contributed by atoms with Crippen LogP contribution in [0.25, 0.3) is 4.13 Å². The lowest BCUT2D eigenvalue weighted by molar-refractivity contribution is -0.866. The van der Waals surface area contributed by atoms with Crippen LogP contribution >= 0.6 is 0 Å². The van der Waals surface area contributed by atoms with Crippen LogP contribution in [0.2, 0.25) is 0 Å². The summed E-state index contributed by atoms with van der Waals surface area (Å²) in [6.07, 6.45) is 2.90. The van der Waals surface area contributed by atoms with Crippen molar-refractivity contribution in [3.8, 4) is 0 Å². The summed E-state index contributed by atoms with van der Waals surface area (Å²) >= 11 is 0. The molecule has 1 N–H and O–H groups in total. The highest BCUT2D eigenvalue weighted by Gasteiger charge is 2.46. The zero-order valence-electron chi connectivity index (χ0n) is 10.5. The second kappa shape index (κ2) is 6.66.